The van der Waals surface area contributed by atoms with Crippen molar-refractivity contribution in [1.29, 1.82) is 0 Å². The van der Waals surface area contributed by atoms with E-state index in [-0.39, 0.29) is 5.91 Å². The zero-order chi connectivity index (χ0) is 13.9. The van der Waals surface area contributed by atoms with Gasteiger partial charge in [0.2, 0.25) is 5.91 Å². The molecule has 0 unspecified atom stereocenters. The van der Waals surface area contributed by atoms with Crippen LogP contribution >= 0.6 is 0 Å². The van der Waals surface area contributed by atoms with Crippen LogP contribution in [-0.4, -0.2) is 17.1 Å². The van der Waals surface area contributed by atoms with Gasteiger partial charge in [-0.1, -0.05) is 37.1 Å². The first-order valence-corrected chi connectivity index (χ1v) is 7.36. The van der Waals surface area contributed by atoms with Crippen molar-refractivity contribution in [3.63, 3.8) is 0 Å². The molecule has 2 atom stereocenters. The van der Waals surface area contributed by atoms with E-state index < -0.39 is 0 Å². The highest BCUT2D eigenvalue weighted by Gasteiger charge is 2.23. The van der Waals surface area contributed by atoms with E-state index in [1.165, 1.54) is 19.3 Å². The smallest absolute Gasteiger partial charge is 0.226 e. The zero-order valence-corrected chi connectivity index (χ0v) is 11.8. The number of carbonyl (C=O) groups is 1. The number of para-hydroxylation sites is 1. The summed E-state index contributed by atoms with van der Waals surface area (Å²) >= 11 is 0. The van der Waals surface area contributed by atoms with E-state index in [4.69, 9.17) is 4.52 Å². The SMILES string of the molecule is C[C@@H]1CCCC[C@@H]1NC(=O)Cc1noc2ccccc12. The molecule has 0 radical (unpaired) electrons. The molecule has 1 fully saturated rings. The minimum absolute atomic E-state index is 0.0443. The van der Waals surface area contributed by atoms with Crippen LogP contribution in [0, 0.1) is 5.92 Å². The topological polar surface area (TPSA) is 55.1 Å². The average molecular weight is 272 g/mol. The Balaban J connectivity index is 1.66. The van der Waals surface area contributed by atoms with Gasteiger partial charge in [0.1, 0.15) is 5.69 Å². The Morgan fingerprint density at radius 1 is 1.35 bits per heavy atom. The molecular weight excluding hydrogens is 252 g/mol. The molecule has 4 nitrogen and oxygen atoms in total. The van der Waals surface area contributed by atoms with Crippen LogP contribution in [-0.2, 0) is 11.2 Å². The number of aromatic nitrogens is 1. The van der Waals surface area contributed by atoms with Crippen LogP contribution < -0.4 is 5.32 Å². The maximum atomic E-state index is 12.2. The fourth-order valence-electron chi connectivity index (χ4n) is 3.01. The fraction of sp³-hybridized carbons (Fsp3) is 0.500. The lowest BCUT2D eigenvalue weighted by Gasteiger charge is -2.29. The molecule has 1 aliphatic carbocycles. The van der Waals surface area contributed by atoms with Gasteiger partial charge in [-0.05, 0) is 30.9 Å². The molecule has 1 aliphatic rings. The van der Waals surface area contributed by atoms with Gasteiger partial charge in [0.25, 0.3) is 0 Å². The Bertz CT molecular complexity index is 605. The molecule has 1 heterocycles. The molecule has 1 aromatic heterocycles. The summed E-state index contributed by atoms with van der Waals surface area (Å²) < 4.78 is 5.23. The number of nitrogens with zero attached hydrogens (tertiary/aromatic N) is 1. The van der Waals surface area contributed by atoms with Gasteiger partial charge < -0.3 is 9.84 Å². The van der Waals surface area contributed by atoms with Crippen LogP contribution in [0.5, 0.6) is 0 Å². The molecule has 0 aliphatic heterocycles. The predicted molar refractivity (Wildman–Crippen MR) is 77.3 cm³/mol. The summed E-state index contributed by atoms with van der Waals surface area (Å²) in [6, 6.07) is 7.96. The van der Waals surface area contributed by atoms with Crippen molar-refractivity contribution >= 4 is 16.9 Å². The molecular formula is C16H20N2O2. The maximum Gasteiger partial charge on any atom is 0.226 e. The van der Waals surface area contributed by atoms with E-state index in [2.05, 4.69) is 17.4 Å². The molecule has 0 spiro atoms. The predicted octanol–water partition coefficient (Wildman–Crippen LogP) is 3.07. The summed E-state index contributed by atoms with van der Waals surface area (Å²) in [6.07, 6.45) is 5.08. The minimum atomic E-state index is 0.0443. The van der Waals surface area contributed by atoms with Crippen LogP contribution in [0.1, 0.15) is 38.3 Å². The van der Waals surface area contributed by atoms with Crippen LogP contribution in [0.3, 0.4) is 0 Å². The Hall–Kier alpha value is -1.84. The Kier molecular flexibility index (Phi) is 3.72. The minimum Gasteiger partial charge on any atom is -0.356 e. The molecule has 1 N–H and O–H groups in total. The summed E-state index contributed by atoms with van der Waals surface area (Å²) in [5.41, 5.74) is 1.46. The molecule has 0 bridgehead atoms. The summed E-state index contributed by atoms with van der Waals surface area (Å²) in [5.74, 6) is 0.615. The molecule has 1 saturated carbocycles. The number of rotatable bonds is 3. The number of fused-ring (bicyclic) bond motifs is 1. The highest BCUT2D eigenvalue weighted by atomic mass is 16.5. The fourth-order valence-corrected chi connectivity index (χ4v) is 3.01. The second-order valence-electron chi connectivity index (χ2n) is 5.74. The third-order valence-electron chi connectivity index (χ3n) is 4.24. The van der Waals surface area contributed by atoms with Crippen molar-refractivity contribution in [1.82, 2.24) is 10.5 Å². The molecule has 1 aromatic carbocycles. The third-order valence-corrected chi connectivity index (χ3v) is 4.24. The number of benzene rings is 1. The van der Waals surface area contributed by atoms with E-state index in [1.807, 2.05) is 24.3 Å². The Morgan fingerprint density at radius 3 is 3.00 bits per heavy atom. The van der Waals surface area contributed by atoms with Crippen molar-refractivity contribution in [2.45, 2.75) is 45.1 Å². The van der Waals surface area contributed by atoms with Gasteiger partial charge in [0, 0.05) is 11.4 Å². The van der Waals surface area contributed by atoms with Gasteiger partial charge in [-0.3, -0.25) is 4.79 Å². The summed E-state index contributed by atoms with van der Waals surface area (Å²) in [5, 5.41) is 8.09. The average Bonchev–Trinajstić information content (AvgIpc) is 2.85. The zero-order valence-electron chi connectivity index (χ0n) is 11.8. The second-order valence-corrected chi connectivity index (χ2v) is 5.74. The van der Waals surface area contributed by atoms with Gasteiger partial charge in [0.15, 0.2) is 5.58 Å². The van der Waals surface area contributed by atoms with Crippen molar-refractivity contribution in [3.05, 3.63) is 30.0 Å². The highest BCUT2D eigenvalue weighted by molar-refractivity contribution is 5.86. The van der Waals surface area contributed by atoms with E-state index in [9.17, 15) is 4.79 Å². The van der Waals surface area contributed by atoms with Gasteiger partial charge in [-0.25, -0.2) is 0 Å². The van der Waals surface area contributed by atoms with Crippen molar-refractivity contribution in [2.24, 2.45) is 5.92 Å². The molecule has 20 heavy (non-hydrogen) atoms. The van der Waals surface area contributed by atoms with E-state index >= 15 is 0 Å². The van der Waals surface area contributed by atoms with Crippen LogP contribution in [0.2, 0.25) is 0 Å². The molecule has 4 heteroatoms. The van der Waals surface area contributed by atoms with Gasteiger partial charge in [-0.2, -0.15) is 0 Å². The standard InChI is InChI=1S/C16H20N2O2/c1-11-6-2-4-8-13(11)17-16(19)10-14-12-7-3-5-9-15(12)20-18-14/h3,5,7,9,11,13H,2,4,6,8,10H2,1H3,(H,17,19)/t11-,13+/m1/s1. The lowest BCUT2D eigenvalue weighted by molar-refractivity contribution is -0.121. The molecule has 1 amide bonds. The number of nitrogens with one attached hydrogen (secondary N) is 1. The first-order valence-electron chi connectivity index (χ1n) is 7.36. The van der Waals surface area contributed by atoms with Gasteiger partial charge >= 0.3 is 0 Å². The molecule has 2 aromatic rings. The van der Waals surface area contributed by atoms with E-state index in [1.54, 1.807) is 0 Å². The number of hydrogen-bond donors (Lipinski definition) is 1. The normalized spacial score (nSPS) is 22.9. The number of carbonyl (C=O) groups excluding carboxylic acids is 1. The van der Waals surface area contributed by atoms with Gasteiger partial charge in [-0.15, -0.1) is 0 Å². The van der Waals surface area contributed by atoms with Gasteiger partial charge in [0.05, 0.1) is 6.42 Å². The third kappa shape index (κ3) is 2.69. The van der Waals surface area contributed by atoms with Crippen molar-refractivity contribution < 1.29 is 9.32 Å². The van der Waals surface area contributed by atoms with Crippen LogP contribution in [0.15, 0.2) is 28.8 Å². The largest absolute Gasteiger partial charge is 0.356 e. The Morgan fingerprint density at radius 2 is 2.15 bits per heavy atom. The van der Waals surface area contributed by atoms with E-state index in [0.29, 0.717) is 18.4 Å². The van der Waals surface area contributed by atoms with Crippen molar-refractivity contribution in [3.8, 4) is 0 Å². The molecule has 3 rings (SSSR count). The summed E-state index contributed by atoms with van der Waals surface area (Å²) in [4.78, 5) is 12.2. The molecule has 0 saturated heterocycles. The monoisotopic (exact) mass is 272 g/mol. The quantitative estimate of drug-likeness (QED) is 0.934. The second kappa shape index (κ2) is 5.65. The van der Waals surface area contributed by atoms with E-state index in [0.717, 1.165) is 23.1 Å². The Labute approximate surface area is 118 Å². The number of hydrogen-bond acceptors (Lipinski definition) is 3. The highest BCUT2D eigenvalue weighted by Crippen LogP contribution is 2.24. The first-order chi connectivity index (χ1) is 9.74. The lowest BCUT2D eigenvalue weighted by atomic mass is 9.86. The number of amides is 1. The summed E-state index contributed by atoms with van der Waals surface area (Å²) in [6.45, 7) is 2.22. The summed E-state index contributed by atoms with van der Waals surface area (Å²) in [7, 11) is 0. The first kappa shape index (κ1) is 13.2. The van der Waals surface area contributed by atoms with Crippen LogP contribution in [0.25, 0.3) is 11.0 Å². The maximum absolute atomic E-state index is 12.2. The molecule has 106 valence electrons. The van der Waals surface area contributed by atoms with Crippen LogP contribution in [0.4, 0.5) is 0 Å². The lowest BCUT2D eigenvalue weighted by Crippen LogP contribution is -2.41. The van der Waals surface area contributed by atoms with Crippen molar-refractivity contribution in [2.75, 3.05) is 0 Å².